The van der Waals surface area contributed by atoms with E-state index < -0.39 is 0 Å². The van der Waals surface area contributed by atoms with Crippen molar-refractivity contribution in [3.63, 3.8) is 0 Å². The van der Waals surface area contributed by atoms with Crippen LogP contribution in [0.15, 0.2) is 18.5 Å². The molecule has 4 heteroatoms. The number of ether oxygens (including phenoxy) is 1. The molecule has 0 amide bonds. The molecule has 0 bridgehead atoms. The molecule has 3 N–H and O–H groups in total. The number of hydrazine groups is 1. The third kappa shape index (κ3) is 3.67. The third-order valence-corrected chi connectivity index (χ3v) is 3.85. The first-order valence-electron chi connectivity index (χ1n) is 7.18. The zero-order chi connectivity index (χ0) is 13.8. The van der Waals surface area contributed by atoms with Gasteiger partial charge in [0.25, 0.3) is 0 Å². The molecule has 1 heterocycles. The highest BCUT2D eigenvalue weighted by Crippen LogP contribution is 2.38. The molecule has 1 saturated carbocycles. The van der Waals surface area contributed by atoms with Gasteiger partial charge in [-0.3, -0.25) is 16.3 Å². The van der Waals surface area contributed by atoms with Crippen molar-refractivity contribution in [1.82, 2.24) is 10.4 Å². The predicted octanol–water partition coefficient (Wildman–Crippen LogP) is 2.81. The van der Waals surface area contributed by atoms with Crippen molar-refractivity contribution in [2.75, 3.05) is 0 Å². The highest BCUT2D eigenvalue weighted by molar-refractivity contribution is 5.26. The summed E-state index contributed by atoms with van der Waals surface area (Å²) in [6.45, 7) is 6.35. The minimum absolute atomic E-state index is 0.160. The largest absolute Gasteiger partial charge is 0.489 e. The van der Waals surface area contributed by atoms with Gasteiger partial charge in [-0.2, -0.15) is 0 Å². The Balaban J connectivity index is 2.13. The van der Waals surface area contributed by atoms with E-state index in [0.29, 0.717) is 5.92 Å². The summed E-state index contributed by atoms with van der Waals surface area (Å²) in [7, 11) is 0. The quantitative estimate of drug-likeness (QED) is 0.633. The lowest BCUT2D eigenvalue weighted by Gasteiger charge is -2.23. The molecule has 0 radical (unpaired) electrons. The molecule has 0 spiro atoms. The van der Waals surface area contributed by atoms with Gasteiger partial charge in [-0.05, 0) is 50.2 Å². The summed E-state index contributed by atoms with van der Waals surface area (Å²) in [6, 6.07) is 2.23. The minimum Gasteiger partial charge on any atom is -0.489 e. The maximum atomic E-state index is 5.76. The molecule has 4 nitrogen and oxygen atoms in total. The Morgan fingerprint density at radius 2 is 2.16 bits per heavy atom. The van der Waals surface area contributed by atoms with Gasteiger partial charge in [0.2, 0.25) is 0 Å². The Morgan fingerprint density at radius 1 is 1.37 bits per heavy atom. The maximum absolute atomic E-state index is 5.76. The number of pyridine rings is 1. The molecule has 1 fully saturated rings. The van der Waals surface area contributed by atoms with Crippen LogP contribution in [0, 0.1) is 11.8 Å². The van der Waals surface area contributed by atoms with Crippen LogP contribution in [0.4, 0.5) is 0 Å². The summed E-state index contributed by atoms with van der Waals surface area (Å²) in [5.74, 6) is 7.97. The number of hydrogen-bond acceptors (Lipinski definition) is 4. The van der Waals surface area contributed by atoms with E-state index in [9.17, 15) is 0 Å². The Hall–Kier alpha value is -1.13. The minimum atomic E-state index is 0.160. The number of nitrogens with zero attached hydrogens (tertiary/aromatic N) is 1. The molecule has 0 aliphatic heterocycles. The average molecular weight is 263 g/mol. The normalized spacial score (nSPS) is 24.7. The van der Waals surface area contributed by atoms with Crippen LogP contribution in [-0.2, 0) is 0 Å². The van der Waals surface area contributed by atoms with Crippen LogP contribution in [0.3, 0.4) is 0 Å². The fourth-order valence-corrected chi connectivity index (χ4v) is 3.00. The molecule has 0 saturated heterocycles. The molecule has 1 aromatic heterocycles. The van der Waals surface area contributed by atoms with Gasteiger partial charge in [0, 0.05) is 6.20 Å². The molecule has 1 aliphatic rings. The first-order chi connectivity index (χ1) is 9.10. The van der Waals surface area contributed by atoms with Crippen LogP contribution in [-0.4, -0.2) is 11.1 Å². The lowest BCUT2D eigenvalue weighted by atomic mass is 9.92. The van der Waals surface area contributed by atoms with Gasteiger partial charge in [0.1, 0.15) is 5.75 Å². The fourth-order valence-electron chi connectivity index (χ4n) is 3.00. The van der Waals surface area contributed by atoms with Crippen molar-refractivity contribution in [3.8, 4) is 5.75 Å². The van der Waals surface area contributed by atoms with Gasteiger partial charge in [-0.25, -0.2) is 0 Å². The van der Waals surface area contributed by atoms with Crippen LogP contribution in [0.2, 0.25) is 0 Å². The predicted molar refractivity (Wildman–Crippen MR) is 76.6 cm³/mol. The van der Waals surface area contributed by atoms with E-state index in [-0.39, 0.29) is 12.1 Å². The molecule has 2 rings (SSSR count). The molecular formula is C15H25N3O. The van der Waals surface area contributed by atoms with E-state index in [1.54, 1.807) is 6.20 Å². The fraction of sp³-hybridized carbons (Fsp3) is 0.667. The van der Waals surface area contributed by atoms with Crippen LogP contribution in [0.25, 0.3) is 0 Å². The van der Waals surface area contributed by atoms with Gasteiger partial charge in [-0.1, -0.05) is 13.3 Å². The summed E-state index contributed by atoms with van der Waals surface area (Å²) in [4.78, 5) is 4.28. The van der Waals surface area contributed by atoms with Crippen molar-refractivity contribution in [2.24, 2.45) is 17.7 Å². The lowest BCUT2D eigenvalue weighted by Crippen LogP contribution is -2.33. The SMILES string of the molecule is CC1CCC(C(NN)c2cncc(OC(C)C)c2)C1. The number of hydrogen-bond donors (Lipinski definition) is 2. The second-order valence-corrected chi connectivity index (χ2v) is 5.94. The van der Waals surface area contributed by atoms with Gasteiger partial charge in [-0.15, -0.1) is 0 Å². The molecular weight excluding hydrogens is 238 g/mol. The first kappa shape index (κ1) is 14.3. The molecule has 19 heavy (non-hydrogen) atoms. The first-order valence-corrected chi connectivity index (χ1v) is 7.18. The summed E-state index contributed by atoms with van der Waals surface area (Å²) in [5, 5.41) is 0. The smallest absolute Gasteiger partial charge is 0.138 e. The molecule has 106 valence electrons. The van der Waals surface area contributed by atoms with E-state index in [4.69, 9.17) is 10.6 Å². The number of nitrogens with one attached hydrogen (secondary N) is 1. The van der Waals surface area contributed by atoms with Crippen molar-refractivity contribution >= 4 is 0 Å². The zero-order valence-corrected chi connectivity index (χ0v) is 12.1. The lowest BCUT2D eigenvalue weighted by molar-refractivity contribution is 0.240. The molecule has 3 unspecified atom stereocenters. The molecule has 0 aromatic carbocycles. The summed E-state index contributed by atoms with van der Waals surface area (Å²) in [6.07, 6.45) is 7.55. The second kappa shape index (κ2) is 6.35. The number of rotatable bonds is 5. The highest BCUT2D eigenvalue weighted by atomic mass is 16.5. The standard InChI is InChI=1S/C15H25N3O/c1-10(2)19-14-7-13(8-17-9-14)15(18-16)12-5-4-11(3)6-12/h7-12,15,18H,4-6,16H2,1-3H3. The van der Waals surface area contributed by atoms with E-state index in [0.717, 1.165) is 17.2 Å². The average Bonchev–Trinajstić information content (AvgIpc) is 2.76. The number of aromatic nitrogens is 1. The molecule has 1 aromatic rings. The van der Waals surface area contributed by atoms with Gasteiger partial charge in [0.05, 0.1) is 18.3 Å². The van der Waals surface area contributed by atoms with E-state index in [1.165, 1.54) is 19.3 Å². The van der Waals surface area contributed by atoms with Crippen LogP contribution in [0.5, 0.6) is 5.75 Å². The second-order valence-electron chi connectivity index (χ2n) is 5.94. The van der Waals surface area contributed by atoms with E-state index >= 15 is 0 Å². The molecule has 3 atom stereocenters. The van der Waals surface area contributed by atoms with E-state index in [2.05, 4.69) is 23.4 Å². The zero-order valence-electron chi connectivity index (χ0n) is 12.1. The van der Waals surface area contributed by atoms with Gasteiger partial charge >= 0.3 is 0 Å². The Morgan fingerprint density at radius 3 is 2.74 bits per heavy atom. The Labute approximate surface area is 115 Å². The summed E-state index contributed by atoms with van der Waals surface area (Å²) >= 11 is 0. The monoisotopic (exact) mass is 263 g/mol. The van der Waals surface area contributed by atoms with E-state index in [1.807, 2.05) is 20.0 Å². The van der Waals surface area contributed by atoms with Gasteiger partial charge in [0.15, 0.2) is 0 Å². The Bertz CT molecular complexity index is 408. The van der Waals surface area contributed by atoms with Crippen LogP contribution >= 0.6 is 0 Å². The number of nitrogens with two attached hydrogens (primary N) is 1. The topological polar surface area (TPSA) is 60.2 Å². The third-order valence-electron chi connectivity index (χ3n) is 3.85. The van der Waals surface area contributed by atoms with Crippen molar-refractivity contribution in [1.29, 1.82) is 0 Å². The van der Waals surface area contributed by atoms with Crippen LogP contribution < -0.4 is 16.0 Å². The Kier molecular flexibility index (Phi) is 4.77. The maximum Gasteiger partial charge on any atom is 0.138 e. The summed E-state index contributed by atoms with van der Waals surface area (Å²) < 4.78 is 5.70. The summed E-state index contributed by atoms with van der Waals surface area (Å²) in [5.41, 5.74) is 4.09. The van der Waals surface area contributed by atoms with Crippen LogP contribution in [0.1, 0.15) is 51.6 Å². The van der Waals surface area contributed by atoms with Crippen molar-refractivity contribution < 1.29 is 4.74 Å². The van der Waals surface area contributed by atoms with Crippen molar-refractivity contribution in [3.05, 3.63) is 24.0 Å². The van der Waals surface area contributed by atoms with Gasteiger partial charge < -0.3 is 4.74 Å². The highest BCUT2D eigenvalue weighted by Gasteiger charge is 2.29. The molecule has 1 aliphatic carbocycles. The van der Waals surface area contributed by atoms with Crippen molar-refractivity contribution in [2.45, 2.75) is 52.2 Å².